The molecule has 0 aliphatic carbocycles. The number of hydrogen-bond donors (Lipinski definition) is 2. The number of hydrogen-bond acceptors (Lipinski definition) is 3. The van der Waals surface area contributed by atoms with Gasteiger partial charge in [0.15, 0.2) is 0 Å². The normalized spacial score (nSPS) is 19.1. The van der Waals surface area contributed by atoms with Gasteiger partial charge in [-0.3, -0.25) is 10.3 Å². The first-order chi connectivity index (χ1) is 8.36. The Morgan fingerprint density at radius 1 is 1.12 bits per heavy atom. The van der Waals surface area contributed by atoms with E-state index in [1.165, 1.54) is 10.8 Å². The number of benzene rings is 2. The highest BCUT2D eigenvalue weighted by Crippen LogP contribution is 2.22. The van der Waals surface area contributed by atoms with Crippen LogP contribution in [0.15, 0.2) is 48.5 Å². The van der Waals surface area contributed by atoms with Crippen LogP contribution in [0.1, 0.15) is 5.56 Å². The van der Waals surface area contributed by atoms with Gasteiger partial charge >= 0.3 is 0 Å². The van der Waals surface area contributed by atoms with Gasteiger partial charge in [-0.1, -0.05) is 36.4 Å². The van der Waals surface area contributed by atoms with Gasteiger partial charge in [-0.25, -0.2) is 0 Å². The van der Waals surface area contributed by atoms with Crippen molar-refractivity contribution < 1.29 is 4.84 Å². The summed E-state index contributed by atoms with van der Waals surface area (Å²) in [4.78, 5) is 5.31. The van der Waals surface area contributed by atoms with Gasteiger partial charge in [-0.05, 0) is 22.9 Å². The van der Waals surface area contributed by atoms with Crippen LogP contribution in [0.2, 0.25) is 0 Å². The third kappa shape index (κ3) is 1.90. The SMILES string of the molecule is NCC1C=C(c2ccc3ccccc3c2)NO1. The Hall–Kier alpha value is -1.84. The molecule has 0 spiro atoms. The molecule has 17 heavy (non-hydrogen) atoms. The van der Waals surface area contributed by atoms with Crippen LogP contribution >= 0.6 is 0 Å². The molecule has 0 amide bonds. The van der Waals surface area contributed by atoms with E-state index in [2.05, 4.69) is 35.8 Å². The zero-order chi connectivity index (χ0) is 11.7. The molecule has 3 nitrogen and oxygen atoms in total. The minimum Gasteiger partial charge on any atom is -0.328 e. The fraction of sp³-hybridized carbons (Fsp3) is 0.143. The van der Waals surface area contributed by atoms with E-state index in [-0.39, 0.29) is 6.10 Å². The van der Waals surface area contributed by atoms with Gasteiger partial charge in [-0.15, -0.1) is 0 Å². The molecule has 3 N–H and O–H groups in total. The molecular weight excluding hydrogens is 212 g/mol. The third-order valence-electron chi connectivity index (χ3n) is 2.97. The average Bonchev–Trinajstić information content (AvgIpc) is 2.87. The van der Waals surface area contributed by atoms with Gasteiger partial charge in [0.1, 0.15) is 6.10 Å². The predicted molar refractivity (Wildman–Crippen MR) is 69.0 cm³/mol. The molecule has 1 unspecified atom stereocenters. The van der Waals surface area contributed by atoms with E-state index in [0.717, 1.165) is 11.3 Å². The molecule has 0 saturated carbocycles. The van der Waals surface area contributed by atoms with Gasteiger partial charge in [-0.2, -0.15) is 0 Å². The van der Waals surface area contributed by atoms with E-state index in [1.807, 2.05) is 18.2 Å². The second-order valence-electron chi connectivity index (χ2n) is 4.14. The summed E-state index contributed by atoms with van der Waals surface area (Å²) in [6.07, 6.45) is 1.99. The Morgan fingerprint density at radius 2 is 1.94 bits per heavy atom. The zero-order valence-corrected chi connectivity index (χ0v) is 9.39. The zero-order valence-electron chi connectivity index (χ0n) is 9.39. The molecule has 3 rings (SSSR count). The van der Waals surface area contributed by atoms with E-state index in [4.69, 9.17) is 10.6 Å². The maximum Gasteiger partial charge on any atom is 0.118 e. The molecule has 1 atom stereocenters. The second-order valence-corrected chi connectivity index (χ2v) is 4.14. The van der Waals surface area contributed by atoms with Crippen molar-refractivity contribution >= 4 is 16.5 Å². The minimum absolute atomic E-state index is 0.0310. The molecule has 2 aromatic carbocycles. The lowest BCUT2D eigenvalue weighted by Crippen LogP contribution is -2.21. The number of nitrogens with two attached hydrogens (primary N) is 1. The van der Waals surface area contributed by atoms with Crippen LogP contribution in [-0.2, 0) is 4.84 Å². The summed E-state index contributed by atoms with van der Waals surface area (Å²) >= 11 is 0. The third-order valence-corrected chi connectivity index (χ3v) is 2.97. The molecule has 0 aromatic heterocycles. The summed E-state index contributed by atoms with van der Waals surface area (Å²) in [5.41, 5.74) is 10.6. The monoisotopic (exact) mass is 226 g/mol. The highest BCUT2D eigenvalue weighted by atomic mass is 16.7. The predicted octanol–water partition coefficient (Wildman–Crippen LogP) is 2.04. The molecular formula is C14H14N2O. The largest absolute Gasteiger partial charge is 0.328 e. The van der Waals surface area contributed by atoms with Crippen molar-refractivity contribution in [3.63, 3.8) is 0 Å². The van der Waals surface area contributed by atoms with Crippen molar-refractivity contribution in [2.45, 2.75) is 6.10 Å². The van der Waals surface area contributed by atoms with Crippen LogP contribution in [-0.4, -0.2) is 12.6 Å². The summed E-state index contributed by atoms with van der Waals surface area (Å²) in [7, 11) is 0. The van der Waals surface area contributed by atoms with Crippen molar-refractivity contribution in [3.05, 3.63) is 54.1 Å². The topological polar surface area (TPSA) is 47.3 Å². The second kappa shape index (κ2) is 4.20. The first-order valence-electron chi connectivity index (χ1n) is 5.69. The fourth-order valence-corrected chi connectivity index (χ4v) is 2.02. The molecule has 0 bridgehead atoms. The Kier molecular flexibility index (Phi) is 2.55. The average molecular weight is 226 g/mol. The van der Waals surface area contributed by atoms with Crippen LogP contribution in [0.5, 0.6) is 0 Å². The lowest BCUT2D eigenvalue weighted by Gasteiger charge is -2.05. The first-order valence-corrected chi connectivity index (χ1v) is 5.69. The Morgan fingerprint density at radius 3 is 2.71 bits per heavy atom. The van der Waals surface area contributed by atoms with E-state index in [1.54, 1.807) is 0 Å². The standard InChI is InChI=1S/C14H14N2O/c15-9-13-8-14(16-17-13)12-6-5-10-3-1-2-4-11(10)7-12/h1-8,13,16H,9,15H2. The molecule has 0 radical (unpaired) electrons. The smallest absolute Gasteiger partial charge is 0.118 e. The van der Waals surface area contributed by atoms with Crippen molar-refractivity contribution in [1.29, 1.82) is 0 Å². The molecule has 1 heterocycles. The Bertz CT molecular complexity index is 577. The number of hydroxylamine groups is 1. The fourth-order valence-electron chi connectivity index (χ4n) is 2.02. The maximum atomic E-state index is 5.56. The van der Waals surface area contributed by atoms with Gasteiger partial charge in [0.05, 0.1) is 5.70 Å². The van der Waals surface area contributed by atoms with Gasteiger partial charge in [0, 0.05) is 12.1 Å². The van der Waals surface area contributed by atoms with Gasteiger partial charge in [0.25, 0.3) is 0 Å². The molecule has 86 valence electrons. The quantitative estimate of drug-likeness (QED) is 0.823. The molecule has 2 aromatic rings. The van der Waals surface area contributed by atoms with Crippen LogP contribution < -0.4 is 11.2 Å². The van der Waals surface area contributed by atoms with E-state index < -0.39 is 0 Å². The summed E-state index contributed by atoms with van der Waals surface area (Å²) in [6.45, 7) is 0.490. The summed E-state index contributed by atoms with van der Waals surface area (Å²) in [6, 6.07) is 14.7. The molecule has 0 fully saturated rings. The highest BCUT2D eigenvalue weighted by molar-refractivity contribution is 5.86. The summed E-state index contributed by atoms with van der Waals surface area (Å²) < 4.78 is 0. The van der Waals surface area contributed by atoms with E-state index in [9.17, 15) is 0 Å². The van der Waals surface area contributed by atoms with Crippen LogP contribution in [0.3, 0.4) is 0 Å². The Labute approximate surface area is 99.8 Å². The van der Waals surface area contributed by atoms with Crippen molar-refractivity contribution in [3.8, 4) is 0 Å². The van der Waals surface area contributed by atoms with Crippen molar-refractivity contribution in [2.75, 3.05) is 6.54 Å². The van der Waals surface area contributed by atoms with E-state index in [0.29, 0.717) is 6.54 Å². The van der Waals surface area contributed by atoms with Gasteiger partial charge in [0.2, 0.25) is 0 Å². The molecule has 1 aliphatic rings. The Balaban J connectivity index is 2.01. The first kappa shape index (κ1) is 10.3. The van der Waals surface area contributed by atoms with Crippen LogP contribution in [0.4, 0.5) is 0 Å². The maximum absolute atomic E-state index is 5.56. The number of rotatable bonds is 2. The van der Waals surface area contributed by atoms with Crippen molar-refractivity contribution in [1.82, 2.24) is 5.48 Å². The highest BCUT2D eigenvalue weighted by Gasteiger charge is 2.15. The van der Waals surface area contributed by atoms with Gasteiger partial charge < -0.3 is 5.73 Å². The minimum atomic E-state index is -0.0310. The number of fused-ring (bicyclic) bond motifs is 1. The summed E-state index contributed by atoms with van der Waals surface area (Å²) in [5, 5.41) is 2.47. The lowest BCUT2D eigenvalue weighted by atomic mass is 10.0. The molecule has 1 aliphatic heterocycles. The molecule has 3 heteroatoms. The number of nitrogens with one attached hydrogen (secondary N) is 1. The van der Waals surface area contributed by atoms with Crippen LogP contribution in [0, 0.1) is 0 Å². The van der Waals surface area contributed by atoms with Crippen molar-refractivity contribution in [2.24, 2.45) is 5.73 Å². The summed E-state index contributed by atoms with van der Waals surface area (Å²) in [5.74, 6) is 0. The molecule has 0 saturated heterocycles. The van der Waals surface area contributed by atoms with Crippen LogP contribution in [0.25, 0.3) is 16.5 Å². The lowest BCUT2D eigenvalue weighted by molar-refractivity contribution is 0.0567. The van der Waals surface area contributed by atoms with E-state index >= 15 is 0 Å².